The molecule has 0 bridgehead atoms. The van der Waals surface area contributed by atoms with E-state index in [1.165, 1.54) is 12.1 Å². The minimum Gasteiger partial charge on any atom is -0.388 e. The van der Waals surface area contributed by atoms with Crippen molar-refractivity contribution in [2.45, 2.75) is 18.4 Å². The van der Waals surface area contributed by atoms with Gasteiger partial charge in [-0.15, -0.1) is 0 Å². The van der Waals surface area contributed by atoms with E-state index in [9.17, 15) is 14.3 Å². The molecule has 2 rings (SSSR count). The number of nitrogens with zero attached hydrogens (tertiary/aromatic N) is 1. The number of carbonyl (C=O) groups excluding carboxylic acids is 1. The van der Waals surface area contributed by atoms with E-state index in [1.807, 2.05) is 0 Å². The van der Waals surface area contributed by atoms with E-state index < -0.39 is 17.3 Å². The number of pyridine rings is 1. The smallest absolute Gasteiger partial charge is 0.269 e. The maximum absolute atomic E-state index is 12.6. The molecule has 1 saturated heterocycles. The number of carbonyl (C=O) groups is 1. The summed E-state index contributed by atoms with van der Waals surface area (Å²) >= 11 is 0. The maximum atomic E-state index is 12.6. The van der Waals surface area contributed by atoms with Crippen molar-refractivity contribution in [1.82, 2.24) is 10.3 Å². The number of halogens is 1. The molecule has 0 radical (unpaired) electrons. The van der Waals surface area contributed by atoms with Crippen LogP contribution in [0, 0.1) is 5.82 Å². The summed E-state index contributed by atoms with van der Waals surface area (Å²) in [5.74, 6) is -0.912. The minimum atomic E-state index is -0.923. The summed E-state index contributed by atoms with van der Waals surface area (Å²) in [5.41, 5.74) is -0.791. The lowest BCUT2D eigenvalue weighted by molar-refractivity contribution is -0.0605. The molecule has 5 nitrogen and oxygen atoms in total. The molecule has 1 aliphatic rings. The first-order chi connectivity index (χ1) is 8.59. The van der Waals surface area contributed by atoms with Crippen LogP contribution in [0.15, 0.2) is 18.3 Å². The Kier molecular flexibility index (Phi) is 3.88. The molecule has 0 unspecified atom stereocenters. The van der Waals surface area contributed by atoms with Crippen molar-refractivity contribution in [2.75, 3.05) is 19.8 Å². The van der Waals surface area contributed by atoms with Crippen LogP contribution in [0.1, 0.15) is 23.3 Å². The van der Waals surface area contributed by atoms with Gasteiger partial charge in [0.05, 0.1) is 11.8 Å². The summed E-state index contributed by atoms with van der Waals surface area (Å²) in [6.45, 7) is 1.12. The van der Waals surface area contributed by atoms with E-state index in [4.69, 9.17) is 4.74 Å². The fraction of sp³-hybridized carbons (Fsp3) is 0.500. The average Bonchev–Trinajstić information content (AvgIpc) is 2.38. The summed E-state index contributed by atoms with van der Waals surface area (Å²) < 4.78 is 17.8. The fourth-order valence-electron chi connectivity index (χ4n) is 1.77. The van der Waals surface area contributed by atoms with Gasteiger partial charge in [0.15, 0.2) is 0 Å². The third-order valence-electron chi connectivity index (χ3n) is 2.96. The van der Waals surface area contributed by atoms with E-state index in [2.05, 4.69) is 10.3 Å². The first-order valence-corrected chi connectivity index (χ1v) is 5.79. The molecule has 18 heavy (non-hydrogen) atoms. The number of hydrogen-bond acceptors (Lipinski definition) is 4. The lowest BCUT2D eigenvalue weighted by atomic mass is 9.94. The molecule has 0 aromatic carbocycles. The Morgan fingerprint density at radius 3 is 2.83 bits per heavy atom. The van der Waals surface area contributed by atoms with Gasteiger partial charge in [0.1, 0.15) is 11.5 Å². The maximum Gasteiger partial charge on any atom is 0.269 e. The van der Waals surface area contributed by atoms with Gasteiger partial charge in [-0.1, -0.05) is 0 Å². The van der Waals surface area contributed by atoms with Crippen molar-refractivity contribution in [3.63, 3.8) is 0 Å². The number of rotatable bonds is 3. The third kappa shape index (κ3) is 3.24. The lowest BCUT2D eigenvalue weighted by Crippen LogP contribution is -2.46. The molecule has 1 aromatic rings. The predicted molar refractivity (Wildman–Crippen MR) is 61.5 cm³/mol. The molecular weight excluding hydrogens is 239 g/mol. The van der Waals surface area contributed by atoms with Crippen LogP contribution in [0.25, 0.3) is 0 Å². The van der Waals surface area contributed by atoms with E-state index in [0.29, 0.717) is 26.1 Å². The molecule has 2 N–H and O–H groups in total. The normalized spacial score (nSPS) is 18.3. The molecule has 1 amide bonds. The number of nitrogens with one attached hydrogen (secondary N) is 1. The van der Waals surface area contributed by atoms with Crippen molar-refractivity contribution in [3.8, 4) is 0 Å². The van der Waals surface area contributed by atoms with Crippen molar-refractivity contribution < 1.29 is 19.0 Å². The second-order valence-electron chi connectivity index (χ2n) is 4.38. The molecule has 2 heterocycles. The van der Waals surface area contributed by atoms with Gasteiger partial charge in [-0.05, 0) is 12.1 Å². The van der Waals surface area contributed by atoms with Crippen molar-refractivity contribution in [1.29, 1.82) is 0 Å². The Balaban J connectivity index is 1.89. The zero-order valence-electron chi connectivity index (χ0n) is 9.86. The van der Waals surface area contributed by atoms with Crippen molar-refractivity contribution >= 4 is 5.91 Å². The highest BCUT2D eigenvalue weighted by molar-refractivity contribution is 5.92. The Morgan fingerprint density at radius 2 is 2.22 bits per heavy atom. The SMILES string of the molecule is O=C(NCC1(O)CCOCC1)c1ccc(F)cn1. The summed E-state index contributed by atoms with van der Waals surface area (Å²) in [5, 5.41) is 12.7. The van der Waals surface area contributed by atoms with Crippen LogP contribution in [0.2, 0.25) is 0 Å². The topological polar surface area (TPSA) is 71.5 Å². The number of amides is 1. The summed E-state index contributed by atoms with van der Waals surface area (Å²) in [6.07, 6.45) is 1.96. The number of aliphatic hydroxyl groups is 1. The zero-order chi connectivity index (χ0) is 13.0. The molecule has 0 saturated carbocycles. The average molecular weight is 254 g/mol. The zero-order valence-corrected chi connectivity index (χ0v) is 9.86. The van der Waals surface area contributed by atoms with Crippen LogP contribution in [-0.2, 0) is 4.74 Å². The van der Waals surface area contributed by atoms with Gasteiger partial charge in [-0.2, -0.15) is 0 Å². The highest BCUT2D eigenvalue weighted by atomic mass is 19.1. The standard InChI is InChI=1S/C12H15FN2O3/c13-9-1-2-10(14-7-9)11(16)15-8-12(17)3-5-18-6-4-12/h1-2,7,17H,3-6,8H2,(H,15,16). The molecule has 98 valence electrons. The number of ether oxygens (including phenoxy) is 1. The largest absolute Gasteiger partial charge is 0.388 e. The first-order valence-electron chi connectivity index (χ1n) is 5.79. The van der Waals surface area contributed by atoms with Crippen LogP contribution in [-0.4, -0.2) is 41.4 Å². The Bertz CT molecular complexity index is 416. The Morgan fingerprint density at radius 1 is 1.50 bits per heavy atom. The molecule has 0 atom stereocenters. The van der Waals surface area contributed by atoms with Crippen LogP contribution in [0.3, 0.4) is 0 Å². The minimum absolute atomic E-state index is 0.132. The van der Waals surface area contributed by atoms with E-state index in [0.717, 1.165) is 6.20 Å². The van der Waals surface area contributed by atoms with Crippen LogP contribution >= 0.6 is 0 Å². The first kappa shape index (κ1) is 12.9. The quantitative estimate of drug-likeness (QED) is 0.823. The number of aromatic nitrogens is 1. The predicted octanol–water partition coefficient (Wildman–Crippen LogP) is 0.492. The van der Waals surface area contributed by atoms with Crippen LogP contribution in [0.5, 0.6) is 0 Å². The molecule has 0 aliphatic carbocycles. The summed E-state index contributed by atoms with van der Waals surface area (Å²) in [7, 11) is 0. The third-order valence-corrected chi connectivity index (χ3v) is 2.96. The fourth-order valence-corrected chi connectivity index (χ4v) is 1.77. The van der Waals surface area contributed by atoms with Crippen LogP contribution < -0.4 is 5.32 Å². The Hall–Kier alpha value is -1.53. The van der Waals surface area contributed by atoms with E-state index >= 15 is 0 Å². The number of hydrogen-bond donors (Lipinski definition) is 2. The molecule has 1 fully saturated rings. The van der Waals surface area contributed by atoms with Gasteiger partial charge < -0.3 is 15.2 Å². The second-order valence-corrected chi connectivity index (χ2v) is 4.38. The van der Waals surface area contributed by atoms with Gasteiger partial charge in [0.2, 0.25) is 0 Å². The molecule has 0 spiro atoms. The molecule has 6 heteroatoms. The van der Waals surface area contributed by atoms with Gasteiger partial charge in [0, 0.05) is 32.6 Å². The van der Waals surface area contributed by atoms with E-state index in [-0.39, 0.29) is 12.2 Å². The highest BCUT2D eigenvalue weighted by Gasteiger charge is 2.30. The highest BCUT2D eigenvalue weighted by Crippen LogP contribution is 2.19. The lowest BCUT2D eigenvalue weighted by Gasteiger charge is -2.31. The van der Waals surface area contributed by atoms with Crippen LogP contribution in [0.4, 0.5) is 4.39 Å². The monoisotopic (exact) mass is 254 g/mol. The summed E-state index contributed by atoms with van der Waals surface area (Å²) in [4.78, 5) is 15.4. The Labute approximate surface area is 104 Å². The van der Waals surface area contributed by atoms with Gasteiger partial charge in [-0.3, -0.25) is 4.79 Å². The van der Waals surface area contributed by atoms with Gasteiger partial charge in [0.25, 0.3) is 5.91 Å². The van der Waals surface area contributed by atoms with Gasteiger partial charge in [-0.25, -0.2) is 9.37 Å². The van der Waals surface area contributed by atoms with Crippen molar-refractivity contribution in [3.05, 3.63) is 29.8 Å². The van der Waals surface area contributed by atoms with E-state index in [1.54, 1.807) is 0 Å². The van der Waals surface area contributed by atoms with Gasteiger partial charge >= 0.3 is 0 Å². The van der Waals surface area contributed by atoms with Crippen molar-refractivity contribution in [2.24, 2.45) is 0 Å². The summed E-state index contributed by atoms with van der Waals surface area (Å²) in [6, 6.07) is 2.48. The second kappa shape index (κ2) is 5.41. The molecular formula is C12H15FN2O3. The molecule has 1 aliphatic heterocycles. The molecule has 1 aromatic heterocycles.